The lowest BCUT2D eigenvalue weighted by Gasteiger charge is -2.37. The van der Waals surface area contributed by atoms with E-state index >= 15 is 0 Å². The number of piperidine rings is 1. The average molecular weight is 379 g/mol. The Balaban J connectivity index is 1.90. The number of carbonyl (C=O) groups is 2. The summed E-state index contributed by atoms with van der Waals surface area (Å²) >= 11 is 5.75. The minimum atomic E-state index is -5.04. The van der Waals surface area contributed by atoms with E-state index in [9.17, 15) is 27.9 Å². The number of carbonyl (C=O) groups excluding carboxylic acids is 2. The van der Waals surface area contributed by atoms with Gasteiger partial charge in [-0.1, -0.05) is 11.6 Å². The Hall–Kier alpha value is -1.80. The molecule has 2 rings (SSSR count). The van der Waals surface area contributed by atoms with Crippen molar-refractivity contribution in [2.24, 2.45) is 0 Å². The molecule has 0 spiro atoms. The number of benzene rings is 1. The summed E-state index contributed by atoms with van der Waals surface area (Å²) in [5, 5.41) is 12.7. The van der Waals surface area contributed by atoms with Gasteiger partial charge in [-0.3, -0.25) is 9.59 Å². The number of amides is 2. The van der Waals surface area contributed by atoms with Gasteiger partial charge in [0.25, 0.3) is 11.8 Å². The molecule has 1 fully saturated rings. The zero-order valence-corrected chi connectivity index (χ0v) is 14.2. The molecule has 2 N–H and O–H groups in total. The number of aliphatic hydroxyl groups is 1. The largest absolute Gasteiger partial charge is 0.426 e. The van der Waals surface area contributed by atoms with Crippen molar-refractivity contribution in [3.8, 4) is 0 Å². The Kier molecular flexibility index (Phi) is 5.63. The number of alkyl halides is 3. The molecule has 0 unspecified atom stereocenters. The first-order valence-corrected chi connectivity index (χ1v) is 8.05. The highest BCUT2D eigenvalue weighted by atomic mass is 35.5. The summed E-state index contributed by atoms with van der Waals surface area (Å²) in [4.78, 5) is 25.0. The topological polar surface area (TPSA) is 69.6 Å². The van der Waals surface area contributed by atoms with Crippen LogP contribution in [0, 0.1) is 0 Å². The van der Waals surface area contributed by atoms with Gasteiger partial charge in [0.1, 0.15) is 0 Å². The maximum atomic E-state index is 12.7. The summed E-state index contributed by atoms with van der Waals surface area (Å²) in [5.41, 5.74) is -2.99. The number of halogens is 4. The van der Waals surface area contributed by atoms with Gasteiger partial charge >= 0.3 is 6.18 Å². The summed E-state index contributed by atoms with van der Waals surface area (Å²) in [6.07, 6.45) is -4.43. The average Bonchev–Trinajstić information content (AvgIpc) is 2.54. The summed E-state index contributed by atoms with van der Waals surface area (Å²) in [6, 6.07) is 6.03. The predicted octanol–water partition coefficient (Wildman–Crippen LogP) is 2.37. The van der Waals surface area contributed by atoms with Crippen LogP contribution in [0.15, 0.2) is 24.3 Å². The molecule has 5 nitrogen and oxygen atoms in total. The molecule has 1 aliphatic heterocycles. The van der Waals surface area contributed by atoms with Crippen LogP contribution >= 0.6 is 11.6 Å². The maximum Gasteiger partial charge on any atom is 0.426 e. The number of likely N-dealkylation sites (tertiary alicyclic amines) is 1. The number of rotatable bonds is 3. The van der Waals surface area contributed by atoms with E-state index in [4.69, 9.17) is 11.6 Å². The highest BCUT2D eigenvalue weighted by Gasteiger charge is 2.57. The van der Waals surface area contributed by atoms with E-state index < -0.39 is 17.7 Å². The van der Waals surface area contributed by atoms with Crippen molar-refractivity contribution in [2.75, 3.05) is 13.1 Å². The third-order valence-corrected chi connectivity index (χ3v) is 4.44. The van der Waals surface area contributed by atoms with E-state index in [-0.39, 0.29) is 25.0 Å². The zero-order valence-electron chi connectivity index (χ0n) is 13.4. The fraction of sp³-hybridized carbons (Fsp3) is 0.500. The monoisotopic (exact) mass is 378 g/mol. The zero-order chi connectivity index (χ0) is 18.8. The van der Waals surface area contributed by atoms with E-state index in [0.717, 1.165) is 4.90 Å². The first-order chi connectivity index (χ1) is 11.5. The summed E-state index contributed by atoms with van der Waals surface area (Å²) in [5.74, 6) is -1.69. The Morgan fingerprint density at radius 1 is 1.20 bits per heavy atom. The van der Waals surface area contributed by atoms with Crippen molar-refractivity contribution in [1.29, 1.82) is 0 Å². The van der Waals surface area contributed by atoms with E-state index in [0.29, 0.717) is 30.4 Å². The molecule has 0 radical (unpaired) electrons. The molecule has 0 aromatic heterocycles. The molecule has 0 saturated carbocycles. The Bertz CT molecular complexity index is 639. The lowest BCUT2D eigenvalue weighted by Crippen LogP contribution is -2.58. The molecule has 1 aliphatic rings. The van der Waals surface area contributed by atoms with Crippen LogP contribution in [0.25, 0.3) is 0 Å². The van der Waals surface area contributed by atoms with Crippen molar-refractivity contribution >= 4 is 23.4 Å². The molecule has 1 heterocycles. The Morgan fingerprint density at radius 3 is 2.20 bits per heavy atom. The second-order valence-electron chi connectivity index (χ2n) is 6.12. The first kappa shape index (κ1) is 19.5. The highest BCUT2D eigenvalue weighted by Crippen LogP contribution is 2.32. The van der Waals surface area contributed by atoms with Crippen LogP contribution in [-0.4, -0.2) is 52.7 Å². The minimum Gasteiger partial charge on any atom is -0.373 e. The van der Waals surface area contributed by atoms with Gasteiger partial charge in [-0.15, -0.1) is 0 Å². The van der Waals surface area contributed by atoms with Crippen molar-refractivity contribution in [2.45, 2.75) is 37.6 Å². The number of nitrogens with one attached hydrogen (secondary N) is 1. The number of nitrogens with zero attached hydrogens (tertiary/aromatic N) is 1. The van der Waals surface area contributed by atoms with Crippen molar-refractivity contribution in [1.82, 2.24) is 10.2 Å². The van der Waals surface area contributed by atoms with Crippen molar-refractivity contribution in [3.63, 3.8) is 0 Å². The molecule has 1 aromatic carbocycles. The van der Waals surface area contributed by atoms with Gasteiger partial charge in [0, 0.05) is 29.7 Å². The number of hydrogen-bond acceptors (Lipinski definition) is 3. The van der Waals surface area contributed by atoms with Crippen LogP contribution in [-0.2, 0) is 4.79 Å². The van der Waals surface area contributed by atoms with E-state index in [1.54, 1.807) is 24.3 Å². The second-order valence-corrected chi connectivity index (χ2v) is 6.55. The van der Waals surface area contributed by atoms with Crippen LogP contribution < -0.4 is 5.32 Å². The SMILES string of the molecule is C[C@@](O)(C(=O)N1CCC(NC(=O)c2ccc(Cl)cc2)CC1)C(F)(F)F. The van der Waals surface area contributed by atoms with Gasteiger partial charge in [-0.05, 0) is 44.0 Å². The molecular formula is C16H18ClF3N2O3. The summed E-state index contributed by atoms with van der Waals surface area (Å²) in [6.45, 7) is 0.497. The quantitative estimate of drug-likeness (QED) is 0.848. The van der Waals surface area contributed by atoms with Gasteiger partial charge in [0.05, 0.1) is 0 Å². The van der Waals surface area contributed by atoms with Crippen LogP contribution in [0.5, 0.6) is 0 Å². The van der Waals surface area contributed by atoms with Gasteiger partial charge in [0.2, 0.25) is 5.60 Å². The van der Waals surface area contributed by atoms with Crippen LogP contribution in [0.1, 0.15) is 30.1 Å². The molecule has 0 bridgehead atoms. The molecule has 25 heavy (non-hydrogen) atoms. The van der Waals surface area contributed by atoms with Gasteiger partial charge < -0.3 is 15.3 Å². The molecule has 1 atom stereocenters. The van der Waals surface area contributed by atoms with E-state index in [2.05, 4.69) is 5.32 Å². The van der Waals surface area contributed by atoms with Gasteiger partial charge in [-0.25, -0.2) is 0 Å². The second kappa shape index (κ2) is 7.21. The lowest BCUT2D eigenvalue weighted by atomic mass is 9.99. The Labute approximate surface area is 147 Å². The first-order valence-electron chi connectivity index (χ1n) is 7.67. The van der Waals surface area contributed by atoms with E-state index in [1.807, 2.05) is 0 Å². The van der Waals surface area contributed by atoms with Crippen molar-refractivity contribution in [3.05, 3.63) is 34.9 Å². The predicted molar refractivity (Wildman–Crippen MR) is 85.2 cm³/mol. The molecule has 138 valence electrons. The van der Waals surface area contributed by atoms with Gasteiger partial charge in [0.15, 0.2) is 0 Å². The highest BCUT2D eigenvalue weighted by molar-refractivity contribution is 6.30. The van der Waals surface area contributed by atoms with Crippen LogP contribution in [0.4, 0.5) is 13.2 Å². The summed E-state index contributed by atoms with van der Waals surface area (Å²) in [7, 11) is 0. The molecule has 0 aliphatic carbocycles. The number of hydrogen-bond donors (Lipinski definition) is 2. The molecule has 2 amide bonds. The van der Waals surface area contributed by atoms with E-state index in [1.165, 1.54) is 0 Å². The Morgan fingerprint density at radius 2 is 1.72 bits per heavy atom. The smallest absolute Gasteiger partial charge is 0.373 e. The third kappa shape index (κ3) is 4.43. The fourth-order valence-electron chi connectivity index (χ4n) is 2.53. The third-order valence-electron chi connectivity index (χ3n) is 4.19. The molecule has 1 aromatic rings. The maximum absolute atomic E-state index is 12.7. The normalized spacial score (nSPS) is 18.6. The molecule has 9 heteroatoms. The molecular weight excluding hydrogens is 361 g/mol. The van der Waals surface area contributed by atoms with Crippen LogP contribution in [0.2, 0.25) is 5.02 Å². The summed E-state index contributed by atoms with van der Waals surface area (Å²) < 4.78 is 38.2. The standard InChI is InChI=1S/C16H18ClF3N2O3/c1-15(25,16(18,19)20)14(24)22-8-6-12(7-9-22)21-13(23)10-2-4-11(17)5-3-10/h2-5,12,25H,6-9H2,1H3,(H,21,23)/t15-/m1/s1. The minimum absolute atomic E-state index is 0.0244. The van der Waals surface area contributed by atoms with Gasteiger partial charge in [-0.2, -0.15) is 13.2 Å². The fourth-order valence-corrected chi connectivity index (χ4v) is 2.65. The molecule has 1 saturated heterocycles. The van der Waals surface area contributed by atoms with Crippen LogP contribution in [0.3, 0.4) is 0 Å². The van der Waals surface area contributed by atoms with Crippen molar-refractivity contribution < 1.29 is 27.9 Å². The lowest BCUT2D eigenvalue weighted by molar-refractivity contribution is -0.250.